The van der Waals surface area contributed by atoms with Gasteiger partial charge in [-0.2, -0.15) is 10.2 Å². The van der Waals surface area contributed by atoms with Crippen LogP contribution in [0.4, 0.5) is 0 Å². The third kappa shape index (κ3) is 3.47. The summed E-state index contributed by atoms with van der Waals surface area (Å²) in [7, 11) is 0. The summed E-state index contributed by atoms with van der Waals surface area (Å²) in [4.78, 5) is 24.8. The zero-order valence-electron chi connectivity index (χ0n) is 13.7. The number of carbonyl (C=O) groups excluding carboxylic acids is 1. The number of hydrazone groups is 1. The average Bonchev–Trinajstić information content (AvgIpc) is 2.64. The van der Waals surface area contributed by atoms with Gasteiger partial charge in [0.1, 0.15) is 0 Å². The molecular formula is C18H14Cl2N4O2. The fourth-order valence-electron chi connectivity index (χ4n) is 2.46. The number of amides is 1. The Labute approximate surface area is 159 Å². The number of rotatable bonds is 4. The number of carbonyl (C=O) groups is 1. The molecule has 1 N–H and O–H groups in total. The summed E-state index contributed by atoms with van der Waals surface area (Å²) in [6.45, 7) is 2.13. The van der Waals surface area contributed by atoms with Crippen LogP contribution in [0, 0.1) is 0 Å². The molecular weight excluding hydrogens is 375 g/mol. The van der Waals surface area contributed by atoms with Gasteiger partial charge < -0.3 is 0 Å². The lowest BCUT2D eigenvalue weighted by Gasteiger charge is -2.08. The number of hydrogen-bond acceptors (Lipinski definition) is 4. The van der Waals surface area contributed by atoms with Gasteiger partial charge in [0.2, 0.25) is 0 Å². The zero-order valence-corrected chi connectivity index (χ0v) is 15.3. The summed E-state index contributed by atoms with van der Waals surface area (Å²) in [5, 5.41) is 9.77. The third-order valence-corrected chi connectivity index (χ3v) is 4.40. The molecule has 0 bridgehead atoms. The molecule has 0 saturated heterocycles. The van der Waals surface area contributed by atoms with E-state index in [1.807, 2.05) is 0 Å². The molecule has 8 heteroatoms. The number of nitrogens with one attached hydrogen (secondary N) is 1. The molecule has 1 amide bonds. The van der Waals surface area contributed by atoms with Crippen molar-refractivity contribution in [3.63, 3.8) is 0 Å². The lowest BCUT2D eigenvalue weighted by atomic mass is 10.1. The van der Waals surface area contributed by atoms with Crippen LogP contribution in [0.1, 0.15) is 23.0 Å². The summed E-state index contributed by atoms with van der Waals surface area (Å²) in [6.07, 6.45) is 1.36. The molecule has 1 aromatic heterocycles. The highest BCUT2D eigenvalue weighted by Gasteiger charge is 2.15. The topological polar surface area (TPSA) is 76.3 Å². The molecule has 26 heavy (non-hydrogen) atoms. The Balaban J connectivity index is 1.95. The summed E-state index contributed by atoms with van der Waals surface area (Å²) >= 11 is 12.1. The lowest BCUT2D eigenvalue weighted by molar-refractivity contribution is 0.0949. The molecule has 0 radical (unpaired) electrons. The van der Waals surface area contributed by atoms with Gasteiger partial charge in [-0.25, -0.2) is 10.1 Å². The van der Waals surface area contributed by atoms with E-state index in [1.54, 1.807) is 49.4 Å². The molecule has 2 aromatic carbocycles. The van der Waals surface area contributed by atoms with Gasteiger partial charge in [0.25, 0.3) is 11.5 Å². The predicted molar refractivity (Wildman–Crippen MR) is 103 cm³/mol. The van der Waals surface area contributed by atoms with Gasteiger partial charge in [0, 0.05) is 17.5 Å². The monoisotopic (exact) mass is 388 g/mol. The van der Waals surface area contributed by atoms with Crippen molar-refractivity contribution in [2.24, 2.45) is 5.10 Å². The van der Waals surface area contributed by atoms with Crippen molar-refractivity contribution >= 4 is 46.1 Å². The van der Waals surface area contributed by atoms with Gasteiger partial charge in [-0.3, -0.25) is 9.59 Å². The van der Waals surface area contributed by atoms with Crippen LogP contribution in [0.15, 0.2) is 52.4 Å². The Morgan fingerprint density at radius 1 is 1.15 bits per heavy atom. The van der Waals surface area contributed by atoms with E-state index in [0.717, 1.165) is 0 Å². The minimum atomic E-state index is -0.539. The summed E-state index contributed by atoms with van der Waals surface area (Å²) < 4.78 is 1.24. The molecule has 0 aliphatic rings. The predicted octanol–water partition coefficient (Wildman–Crippen LogP) is 3.49. The SMILES string of the molecule is CCn1nc(C(=O)N/N=C/c2c(Cl)cccc2Cl)c2ccccc2c1=O. The van der Waals surface area contributed by atoms with Crippen molar-refractivity contribution in [2.75, 3.05) is 0 Å². The highest BCUT2D eigenvalue weighted by atomic mass is 35.5. The molecule has 0 spiro atoms. The number of nitrogens with zero attached hydrogens (tertiary/aromatic N) is 3. The fourth-order valence-corrected chi connectivity index (χ4v) is 2.95. The fraction of sp³-hybridized carbons (Fsp3) is 0.111. The van der Waals surface area contributed by atoms with Gasteiger partial charge in [-0.05, 0) is 25.1 Å². The van der Waals surface area contributed by atoms with Crippen molar-refractivity contribution in [3.05, 3.63) is 74.1 Å². The van der Waals surface area contributed by atoms with E-state index in [-0.39, 0.29) is 11.3 Å². The Bertz CT molecular complexity index is 1060. The van der Waals surface area contributed by atoms with E-state index in [9.17, 15) is 9.59 Å². The number of aryl methyl sites for hydroxylation is 1. The molecule has 3 aromatic rings. The molecule has 0 atom stereocenters. The van der Waals surface area contributed by atoms with Crippen LogP contribution in [0.3, 0.4) is 0 Å². The van der Waals surface area contributed by atoms with Gasteiger partial charge in [-0.15, -0.1) is 0 Å². The van der Waals surface area contributed by atoms with Crippen LogP contribution >= 0.6 is 23.2 Å². The van der Waals surface area contributed by atoms with Gasteiger partial charge in [-0.1, -0.05) is 47.5 Å². The summed E-state index contributed by atoms with van der Waals surface area (Å²) in [5.41, 5.74) is 2.76. The first-order chi connectivity index (χ1) is 12.5. The van der Waals surface area contributed by atoms with Crippen LogP contribution in [0.5, 0.6) is 0 Å². The van der Waals surface area contributed by atoms with Crippen molar-refractivity contribution < 1.29 is 4.79 Å². The molecule has 1 heterocycles. The quantitative estimate of drug-likeness (QED) is 0.548. The molecule has 0 saturated carbocycles. The maximum Gasteiger partial charge on any atom is 0.292 e. The smallest absolute Gasteiger partial charge is 0.267 e. The first-order valence-electron chi connectivity index (χ1n) is 7.80. The van der Waals surface area contributed by atoms with E-state index in [1.165, 1.54) is 10.9 Å². The second kappa shape index (κ2) is 7.68. The molecule has 0 aliphatic carbocycles. The third-order valence-electron chi connectivity index (χ3n) is 3.74. The van der Waals surface area contributed by atoms with Crippen LogP contribution in [-0.2, 0) is 6.54 Å². The number of benzene rings is 2. The average molecular weight is 389 g/mol. The van der Waals surface area contributed by atoms with Crippen molar-refractivity contribution in [3.8, 4) is 0 Å². The lowest BCUT2D eigenvalue weighted by Crippen LogP contribution is -2.28. The molecule has 3 rings (SSSR count). The van der Waals surface area contributed by atoms with Crippen molar-refractivity contribution in [2.45, 2.75) is 13.5 Å². The Morgan fingerprint density at radius 2 is 1.81 bits per heavy atom. The van der Waals surface area contributed by atoms with Gasteiger partial charge in [0.15, 0.2) is 5.69 Å². The van der Waals surface area contributed by atoms with Crippen LogP contribution in [-0.4, -0.2) is 21.9 Å². The molecule has 0 aliphatic heterocycles. The largest absolute Gasteiger partial charge is 0.292 e. The van der Waals surface area contributed by atoms with E-state index < -0.39 is 5.91 Å². The van der Waals surface area contributed by atoms with E-state index >= 15 is 0 Å². The molecule has 0 fully saturated rings. The van der Waals surface area contributed by atoms with Crippen LogP contribution in [0.2, 0.25) is 10.0 Å². The van der Waals surface area contributed by atoms with Crippen molar-refractivity contribution in [1.82, 2.24) is 15.2 Å². The first kappa shape index (κ1) is 18.1. The normalized spacial score (nSPS) is 11.2. The van der Waals surface area contributed by atoms with Crippen molar-refractivity contribution in [1.29, 1.82) is 0 Å². The highest BCUT2D eigenvalue weighted by Crippen LogP contribution is 2.22. The number of aromatic nitrogens is 2. The minimum Gasteiger partial charge on any atom is -0.267 e. The standard InChI is InChI=1S/C18H14Cl2N4O2/c1-2-24-18(26)12-7-4-3-6-11(12)16(23-24)17(25)22-21-10-13-14(19)8-5-9-15(13)20/h3-10H,2H2,1H3,(H,22,25)/b21-10+. The Morgan fingerprint density at radius 3 is 2.46 bits per heavy atom. The first-order valence-corrected chi connectivity index (χ1v) is 8.55. The second-order valence-electron chi connectivity index (χ2n) is 5.35. The molecule has 0 unspecified atom stereocenters. The summed E-state index contributed by atoms with van der Waals surface area (Å²) in [6, 6.07) is 11.9. The highest BCUT2D eigenvalue weighted by molar-refractivity contribution is 6.38. The van der Waals surface area contributed by atoms with E-state index in [4.69, 9.17) is 23.2 Å². The van der Waals surface area contributed by atoms with Gasteiger partial charge in [0.05, 0.1) is 21.6 Å². The second-order valence-corrected chi connectivity index (χ2v) is 6.16. The van der Waals surface area contributed by atoms with E-state index in [2.05, 4.69) is 15.6 Å². The summed E-state index contributed by atoms with van der Waals surface area (Å²) in [5.74, 6) is -0.539. The Kier molecular flexibility index (Phi) is 5.35. The van der Waals surface area contributed by atoms with Gasteiger partial charge >= 0.3 is 0 Å². The zero-order chi connectivity index (χ0) is 18.7. The Hall–Kier alpha value is -2.70. The number of fused-ring (bicyclic) bond motifs is 1. The van der Waals surface area contributed by atoms with Crippen LogP contribution < -0.4 is 11.0 Å². The maximum atomic E-state index is 12.5. The minimum absolute atomic E-state index is 0.115. The number of halogens is 2. The van der Waals surface area contributed by atoms with E-state index in [0.29, 0.717) is 32.9 Å². The maximum absolute atomic E-state index is 12.5. The molecule has 6 nitrogen and oxygen atoms in total. The van der Waals surface area contributed by atoms with Crippen LogP contribution in [0.25, 0.3) is 10.8 Å². The number of hydrogen-bond donors (Lipinski definition) is 1. The molecule has 132 valence electrons.